The zero-order valence-electron chi connectivity index (χ0n) is 8.02. The summed E-state index contributed by atoms with van der Waals surface area (Å²) >= 11 is 3.58. The lowest BCUT2D eigenvalue weighted by molar-refractivity contribution is 0.143. The molecule has 1 aromatic heterocycles. The summed E-state index contributed by atoms with van der Waals surface area (Å²) in [6.07, 6.45) is 7.70. The second-order valence-corrected chi connectivity index (χ2v) is 5.39. The highest BCUT2D eigenvalue weighted by Gasteiger charge is 2.39. The predicted molar refractivity (Wildman–Crippen MR) is 59.3 cm³/mol. The molecule has 1 aromatic rings. The van der Waals surface area contributed by atoms with Gasteiger partial charge in [-0.05, 0) is 51.7 Å². The third-order valence-electron chi connectivity index (χ3n) is 3.56. The topological polar surface area (TPSA) is 24.9 Å². The van der Waals surface area contributed by atoms with Gasteiger partial charge in [-0.15, -0.1) is 0 Å². The summed E-state index contributed by atoms with van der Waals surface area (Å²) < 4.78 is 1.19. The minimum absolute atomic E-state index is 0.565. The first-order valence-electron chi connectivity index (χ1n) is 5.11. The summed E-state index contributed by atoms with van der Waals surface area (Å²) in [6, 6.07) is 0. The Morgan fingerprint density at radius 1 is 1.36 bits per heavy atom. The largest absolute Gasteiger partial charge is 0.316 e. The van der Waals surface area contributed by atoms with Gasteiger partial charge in [0.05, 0.1) is 0 Å². The lowest BCUT2D eigenvalue weighted by Crippen LogP contribution is -2.56. The maximum absolute atomic E-state index is 4.25. The van der Waals surface area contributed by atoms with Gasteiger partial charge in [0.25, 0.3) is 0 Å². The van der Waals surface area contributed by atoms with Crippen molar-refractivity contribution < 1.29 is 0 Å². The average molecular weight is 253 g/mol. The van der Waals surface area contributed by atoms with Gasteiger partial charge in [0.1, 0.15) is 0 Å². The van der Waals surface area contributed by atoms with Crippen molar-refractivity contribution in [2.45, 2.75) is 19.3 Å². The highest BCUT2D eigenvalue weighted by molar-refractivity contribution is 9.10. The van der Waals surface area contributed by atoms with Gasteiger partial charge in [-0.2, -0.15) is 0 Å². The van der Waals surface area contributed by atoms with Gasteiger partial charge in [0, 0.05) is 30.0 Å². The highest BCUT2D eigenvalue weighted by atomic mass is 79.9. The van der Waals surface area contributed by atoms with Gasteiger partial charge in [-0.25, -0.2) is 0 Å². The van der Waals surface area contributed by atoms with Crippen molar-refractivity contribution in [3.63, 3.8) is 0 Å². The first kappa shape index (κ1) is 8.86. The van der Waals surface area contributed by atoms with E-state index < -0.39 is 0 Å². The summed E-state index contributed by atoms with van der Waals surface area (Å²) in [4.78, 5) is 4.25. The summed E-state index contributed by atoms with van der Waals surface area (Å²) in [5.74, 6) is 0. The van der Waals surface area contributed by atoms with E-state index in [1.807, 2.05) is 12.4 Å². The molecule has 0 aromatic carbocycles. The zero-order chi connectivity index (χ0) is 9.60. The fourth-order valence-electron chi connectivity index (χ4n) is 2.60. The fourth-order valence-corrected chi connectivity index (χ4v) is 3.17. The van der Waals surface area contributed by atoms with Gasteiger partial charge in [-0.3, -0.25) is 4.98 Å². The Balaban J connectivity index is 1.98. The Morgan fingerprint density at radius 2 is 2.21 bits per heavy atom. The number of fused-ring (bicyclic) bond motifs is 1. The molecule has 3 rings (SSSR count). The van der Waals surface area contributed by atoms with Crippen LogP contribution in [0.4, 0.5) is 0 Å². The van der Waals surface area contributed by atoms with Gasteiger partial charge in [0.2, 0.25) is 0 Å². The first-order chi connectivity index (χ1) is 6.79. The van der Waals surface area contributed by atoms with Crippen LogP contribution in [0.5, 0.6) is 0 Å². The van der Waals surface area contributed by atoms with E-state index in [0.717, 1.165) is 0 Å². The number of halogens is 1. The maximum Gasteiger partial charge on any atom is 0.0413 e. The van der Waals surface area contributed by atoms with Crippen LogP contribution in [0, 0.1) is 5.41 Å². The number of pyridine rings is 1. The quantitative estimate of drug-likeness (QED) is 0.764. The standard InChI is InChI=1S/C11H13BrN2/c12-10-5-13-4-8-3-11(6-14-7-11)2-1-9(8)10/h4-5,14H,1-3,6-7H2. The molecule has 0 atom stereocenters. The third kappa shape index (κ3) is 1.22. The monoisotopic (exact) mass is 252 g/mol. The molecule has 74 valence electrons. The third-order valence-corrected chi connectivity index (χ3v) is 4.25. The molecule has 0 saturated carbocycles. The van der Waals surface area contributed by atoms with Crippen LogP contribution in [-0.2, 0) is 12.8 Å². The smallest absolute Gasteiger partial charge is 0.0413 e. The molecule has 3 heteroatoms. The fraction of sp³-hybridized carbons (Fsp3) is 0.545. The summed E-state index contributed by atoms with van der Waals surface area (Å²) in [5.41, 5.74) is 3.50. The van der Waals surface area contributed by atoms with E-state index in [9.17, 15) is 0 Å². The van der Waals surface area contributed by atoms with Crippen LogP contribution in [0.2, 0.25) is 0 Å². The second kappa shape index (κ2) is 3.04. The number of rotatable bonds is 0. The van der Waals surface area contributed by atoms with Crippen molar-refractivity contribution in [2.24, 2.45) is 5.41 Å². The molecule has 0 radical (unpaired) electrons. The van der Waals surface area contributed by atoms with Crippen molar-refractivity contribution in [1.82, 2.24) is 10.3 Å². The molecular weight excluding hydrogens is 240 g/mol. The number of aromatic nitrogens is 1. The number of nitrogens with one attached hydrogen (secondary N) is 1. The van der Waals surface area contributed by atoms with Crippen LogP contribution < -0.4 is 5.32 Å². The van der Waals surface area contributed by atoms with E-state index >= 15 is 0 Å². The van der Waals surface area contributed by atoms with Gasteiger partial charge in [-0.1, -0.05) is 0 Å². The Hall–Kier alpha value is -0.410. The Labute approximate surface area is 92.2 Å². The van der Waals surface area contributed by atoms with Crippen LogP contribution in [0.3, 0.4) is 0 Å². The lowest BCUT2D eigenvalue weighted by Gasteiger charge is -2.46. The van der Waals surface area contributed by atoms with E-state index in [4.69, 9.17) is 0 Å². The molecular formula is C11H13BrN2. The normalized spacial score (nSPS) is 22.9. The molecule has 0 bridgehead atoms. The summed E-state index contributed by atoms with van der Waals surface area (Å²) in [6.45, 7) is 2.39. The minimum atomic E-state index is 0.565. The molecule has 2 aliphatic rings. The molecule has 1 aliphatic heterocycles. The number of hydrogen-bond acceptors (Lipinski definition) is 2. The second-order valence-electron chi connectivity index (χ2n) is 4.54. The molecule has 1 aliphatic carbocycles. The van der Waals surface area contributed by atoms with Crippen molar-refractivity contribution in [2.75, 3.05) is 13.1 Å². The maximum atomic E-state index is 4.25. The number of nitrogens with zero attached hydrogens (tertiary/aromatic N) is 1. The molecule has 0 amide bonds. The molecule has 1 spiro atoms. The minimum Gasteiger partial charge on any atom is -0.316 e. The van der Waals surface area contributed by atoms with Crippen molar-refractivity contribution in [1.29, 1.82) is 0 Å². The van der Waals surface area contributed by atoms with Gasteiger partial charge < -0.3 is 5.32 Å². The Morgan fingerprint density at radius 3 is 2.93 bits per heavy atom. The molecule has 2 nitrogen and oxygen atoms in total. The summed E-state index contributed by atoms with van der Waals surface area (Å²) in [7, 11) is 0. The molecule has 0 unspecified atom stereocenters. The predicted octanol–water partition coefficient (Wildman–Crippen LogP) is 1.92. The SMILES string of the molecule is Brc1cncc2c1CCC1(CNC1)C2. The summed E-state index contributed by atoms with van der Waals surface area (Å²) in [5, 5.41) is 3.38. The molecule has 1 saturated heterocycles. The van der Waals surface area contributed by atoms with Crippen LogP contribution in [0.25, 0.3) is 0 Å². The van der Waals surface area contributed by atoms with Crippen molar-refractivity contribution >= 4 is 15.9 Å². The zero-order valence-corrected chi connectivity index (χ0v) is 9.60. The first-order valence-corrected chi connectivity index (χ1v) is 5.90. The van der Waals surface area contributed by atoms with Crippen LogP contribution in [0.1, 0.15) is 17.5 Å². The number of hydrogen-bond donors (Lipinski definition) is 1. The van der Waals surface area contributed by atoms with Gasteiger partial charge in [0.15, 0.2) is 0 Å². The van der Waals surface area contributed by atoms with Crippen LogP contribution in [0.15, 0.2) is 16.9 Å². The lowest BCUT2D eigenvalue weighted by atomic mass is 9.68. The Kier molecular flexibility index (Phi) is 1.92. The van der Waals surface area contributed by atoms with Crippen LogP contribution in [-0.4, -0.2) is 18.1 Å². The van der Waals surface area contributed by atoms with E-state index in [2.05, 4.69) is 26.2 Å². The molecule has 1 N–H and O–H groups in total. The van der Waals surface area contributed by atoms with E-state index in [1.165, 1.54) is 48.0 Å². The Bertz CT molecular complexity index is 372. The van der Waals surface area contributed by atoms with E-state index in [1.54, 1.807) is 0 Å². The average Bonchev–Trinajstić information content (AvgIpc) is 2.15. The molecule has 1 fully saturated rings. The van der Waals surface area contributed by atoms with Crippen molar-refractivity contribution in [3.8, 4) is 0 Å². The molecule has 2 heterocycles. The van der Waals surface area contributed by atoms with E-state index in [0.29, 0.717) is 5.41 Å². The van der Waals surface area contributed by atoms with Crippen LogP contribution >= 0.6 is 15.9 Å². The van der Waals surface area contributed by atoms with E-state index in [-0.39, 0.29) is 0 Å². The van der Waals surface area contributed by atoms with Crippen molar-refractivity contribution in [3.05, 3.63) is 28.0 Å². The molecule has 14 heavy (non-hydrogen) atoms. The highest BCUT2D eigenvalue weighted by Crippen LogP contribution is 2.39. The van der Waals surface area contributed by atoms with Gasteiger partial charge >= 0.3 is 0 Å².